The van der Waals surface area contributed by atoms with Gasteiger partial charge >= 0.3 is 0 Å². The van der Waals surface area contributed by atoms with Crippen molar-refractivity contribution in [2.75, 3.05) is 0 Å². The van der Waals surface area contributed by atoms with Gasteiger partial charge in [-0.3, -0.25) is 0 Å². The largest absolute Gasteiger partial charge is 0.303 e. The van der Waals surface area contributed by atoms with Crippen LogP contribution in [0.2, 0.25) is 0 Å². The van der Waals surface area contributed by atoms with Crippen molar-refractivity contribution in [3.05, 3.63) is 0 Å². The molecular weight excluding hydrogens is 64.0 g/mol. The molecule has 0 aliphatic heterocycles. The molecule has 0 saturated carbocycles. The standard InChI is InChI=1S/C4H8O/c1-4(2)3-5/h3-4H,1-2H3/i1D2,4D. The van der Waals surface area contributed by atoms with E-state index in [2.05, 4.69) is 0 Å². The lowest BCUT2D eigenvalue weighted by molar-refractivity contribution is -0.110. The Labute approximate surface area is 36.2 Å². The minimum Gasteiger partial charge on any atom is -0.303 e. The first kappa shape index (κ1) is 1.41. The molecule has 5 heavy (non-hydrogen) atoms. The van der Waals surface area contributed by atoms with Crippen LogP contribution in [-0.4, -0.2) is 6.29 Å². The van der Waals surface area contributed by atoms with Crippen molar-refractivity contribution in [3.8, 4) is 0 Å². The molecule has 0 rings (SSSR count). The Balaban J connectivity index is 3.90. The van der Waals surface area contributed by atoms with E-state index in [1.165, 1.54) is 6.92 Å². The lowest BCUT2D eigenvalue weighted by Crippen LogP contribution is -1.82. The van der Waals surface area contributed by atoms with E-state index in [1.54, 1.807) is 0 Å². The maximum absolute atomic E-state index is 9.84. The van der Waals surface area contributed by atoms with E-state index >= 15 is 0 Å². The summed E-state index contributed by atoms with van der Waals surface area (Å²) >= 11 is 0. The summed E-state index contributed by atoms with van der Waals surface area (Å²) in [6, 6.07) is 0. The fraction of sp³-hybridized carbons (Fsp3) is 0.750. The highest BCUT2D eigenvalue weighted by Gasteiger charge is 1.79. The van der Waals surface area contributed by atoms with Gasteiger partial charge in [0.1, 0.15) is 6.29 Å². The second-order valence-corrected chi connectivity index (χ2v) is 0.862. The maximum atomic E-state index is 9.84. The van der Waals surface area contributed by atoms with Crippen LogP contribution in [0, 0.1) is 5.89 Å². The van der Waals surface area contributed by atoms with Gasteiger partial charge in [-0.05, 0) is 0 Å². The topological polar surface area (TPSA) is 17.1 Å². The Morgan fingerprint density at radius 2 is 3.00 bits per heavy atom. The molecule has 0 aromatic carbocycles. The molecule has 0 aliphatic carbocycles. The fourth-order valence-corrected chi connectivity index (χ4v) is 0. The number of rotatable bonds is 1. The molecule has 1 heteroatoms. The number of hydrogen-bond acceptors (Lipinski definition) is 1. The Morgan fingerprint density at radius 1 is 2.40 bits per heavy atom. The molecule has 0 aromatic rings. The van der Waals surface area contributed by atoms with Crippen LogP contribution in [0.3, 0.4) is 0 Å². The van der Waals surface area contributed by atoms with E-state index in [1.807, 2.05) is 0 Å². The molecule has 0 saturated heterocycles. The van der Waals surface area contributed by atoms with Crippen LogP contribution in [0.5, 0.6) is 0 Å². The van der Waals surface area contributed by atoms with Gasteiger partial charge in [-0.1, -0.05) is 13.8 Å². The molecule has 1 nitrogen and oxygen atoms in total. The van der Waals surface area contributed by atoms with Crippen LogP contribution >= 0.6 is 0 Å². The zero-order chi connectivity index (χ0) is 6.78. The predicted molar refractivity (Wildman–Crippen MR) is 20.9 cm³/mol. The molecule has 0 fully saturated rings. The summed E-state index contributed by atoms with van der Waals surface area (Å²) < 4.78 is 20.1. The SMILES string of the molecule is [2H]C([2H])C([2H])(C)C=O. The molecule has 30 valence electrons. The molecule has 0 spiro atoms. The van der Waals surface area contributed by atoms with Gasteiger partial charge in [0, 0.05) is 10.0 Å². The molecule has 1 unspecified atom stereocenters. The Kier molecular flexibility index (Phi) is 0.549. The monoisotopic (exact) mass is 75.1 g/mol. The summed E-state index contributed by atoms with van der Waals surface area (Å²) in [6.45, 7) is -0.148. The van der Waals surface area contributed by atoms with Crippen molar-refractivity contribution < 1.29 is 8.91 Å². The number of hydrogen-bond donors (Lipinski definition) is 0. The van der Waals surface area contributed by atoms with Crippen LogP contribution in [0.15, 0.2) is 0 Å². The molecule has 0 aromatic heterocycles. The van der Waals surface area contributed by atoms with E-state index in [0.29, 0.717) is 6.29 Å². The smallest absolute Gasteiger partial charge is 0.122 e. The highest BCUT2D eigenvalue weighted by Crippen LogP contribution is 1.78. The Bertz CT molecular complexity index is 89.3. The summed E-state index contributed by atoms with van der Waals surface area (Å²) in [5, 5.41) is 0. The van der Waals surface area contributed by atoms with Gasteiger partial charge in [0.15, 0.2) is 0 Å². The molecule has 0 N–H and O–H groups in total. The Hall–Kier alpha value is -0.330. The zero-order valence-electron chi connectivity index (χ0n) is 6.06. The van der Waals surface area contributed by atoms with Gasteiger partial charge < -0.3 is 4.79 Å². The molecule has 0 aliphatic rings. The summed E-state index contributed by atoms with van der Waals surface area (Å²) in [4.78, 5) is 9.84. The van der Waals surface area contributed by atoms with Crippen LogP contribution in [0.1, 0.15) is 17.9 Å². The van der Waals surface area contributed by atoms with E-state index in [0.717, 1.165) is 0 Å². The molecule has 0 heterocycles. The number of carbonyl (C=O) groups is 1. The molecule has 0 amide bonds. The fourth-order valence-electron chi connectivity index (χ4n) is 0. The second kappa shape index (κ2) is 1.94. The minimum absolute atomic E-state index is 0.303. The number of aldehydes is 1. The van der Waals surface area contributed by atoms with Gasteiger partial charge in [0.25, 0.3) is 0 Å². The molecular formula is C4H8O. The minimum atomic E-state index is -1.56. The van der Waals surface area contributed by atoms with Crippen LogP contribution < -0.4 is 0 Å². The van der Waals surface area contributed by atoms with Crippen LogP contribution in [0.25, 0.3) is 0 Å². The van der Waals surface area contributed by atoms with Gasteiger partial charge in [-0.15, -0.1) is 0 Å². The lowest BCUT2D eigenvalue weighted by Gasteiger charge is -1.78. The van der Waals surface area contributed by atoms with Crippen molar-refractivity contribution in [2.45, 2.75) is 13.8 Å². The van der Waals surface area contributed by atoms with Crippen LogP contribution in [-0.2, 0) is 4.79 Å². The predicted octanol–water partition coefficient (Wildman–Crippen LogP) is 0.841. The molecule has 0 bridgehead atoms. The summed E-state index contributed by atoms with van der Waals surface area (Å²) in [5.74, 6) is -1.56. The third-order valence-corrected chi connectivity index (χ3v) is 0.186. The van der Waals surface area contributed by atoms with Gasteiger partial charge in [0.2, 0.25) is 0 Å². The van der Waals surface area contributed by atoms with Crippen molar-refractivity contribution in [2.24, 2.45) is 5.89 Å². The first-order valence-electron chi connectivity index (χ1n) is 2.97. The van der Waals surface area contributed by atoms with Gasteiger partial charge in [-0.2, -0.15) is 0 Å². The van der Waals surface area contributed by atoms with Crippen molar-refractivity contribution >= 4 is 6.29 Å². The van der Waals surface area contributed by atoms with Crippen molar-refractivity contribution in [1.29, 1.82) is 0 Å². The highest BCUT2D eigenvalue weighted by molar-refractivity contribution is 5.51. The van der Waals surface area contributed by atoms with E-state index < -0.39 is 12.8 Å². The summed E-state index contributed by atoms with van der Waals surface area (Å²) in [6.07, 6.45) is 0.303. The average molecular weight is 75.1 g/mol. The van der Waals surface area contributed by atoms with Crippen LogP contribution in [0.4, 0.5) is 0 Å². The van der Waals surface area contributed by atoms with E-state index in [4.69, 9.17) is 4.11 Å². The highest BCUT2D eigenvalue weighted by atomic mass is 16.1. The van der Waals surface area contributed by atoms with Crippen molar-refractivity contribution in [3.63, 3.8) is 0 Å². The molecule has 0 radical (unpaired) electrons. The first-order valence-corrected chi connectivity index (χ1v) is 1.31. The first-order chi connectivity index (χ1) is 3.50. The Morgan fingerprint density at radius 3 is 3.00 bits per heavy atom. The maximum Gasteiger partial charge on any atom is 0.122 e. The lowest BCUT2D eigenvalue weighted by atomic mass is 10.3. The second-order valence-electron chi connectivity index (χ2n) is 0.862. The molecule has 1 atom stereocenters. The average Bonchev–Trinajstić information content (AvgIpc) is 1.67. The van der Waals surface area contributed by atoms with Crippen molar-refractivity contribution in [1.82, 2.24) is 0 Å². The zero-order valence-corrected chi connectivity index (χ0v) is 3.06. The number of carbonyl (C=O) groups excluding carboxylic acids is 1. The van der Waals surface area contributed by atoms with E-state index in [-0.39, 0.29) is 0 Å². The normalized spacial score (nSPS) is 29.6. The van der Waals surface area contributed by atoms with Gasteiger partial charge in [-0.25, -0.2) is 0 Å². The van der Waals surface area contributed by atoms with E-state index in [9.17, 15) is 4.79 Å². The third-order valence-electron chi connectivity index (χ3n) is 0.186. The summed E-state index contributed by atoms with van der Waals surface area (Å²) in [7, 11) is 0. The summed E-state index contributed by atoms with van der Waals surface area (Å²) in [5.41, 5.74) is 0. The quantitative estimate of drug-likeness (QED) is 0.422. The van der Waals surface area contributed by atoms with Gasteiger partial charge in [0.05, 0.1) is 0 Å². The third kappa shape index (κ3) is 3.67.